The van der Waals surface area contributed by atoms with E-state index in [9.17, 15) is 0 Å². The van der Waals surface area contributed by atoms with Gasteiger partial charge in [0, 0.05) is 0 Å². The molecule has 0 heterocycles. The molecule has 0 atom stereocenters. The minimum atomic E-state index is 1.29. The van der Waals surface area contributed by atoms with Crippen molar-refractivity contribution in [1.29, 1.82) is 0 Å². The lowest BCUT2D eigenvalue weighted by atomic mass is 10.1. The molecule has 1 heteroatoms. The van der Waals surface area contributed by atoms with Crippen LogP contribution in [-0.2, 0) is 0 Å². The molecule has 1 aliphatic rings. The number of hydrogen-bond acceptors (Lipinski definition) is 1. The summed E-state index contributed by atoms with van der Waals surface area (Å²) in [6.07, 6.45) is 9.83. The van der Waals surface area contributed by atoms with E-state index in [1.165, 1.54) is 25.7 Å². The lowest BCUT2D eigenvalue weighted by Crippen LogP contribution is -1.85. The average molecular weight is 154 g/mol. The van der Waals surface area contributed by atoms with Gasteiger partial charge in [-0.3, -0.25) is 0 Å². The van der Waals surface area contributed by atoms with E-state index in [0.29, 0.717) is 0 Å². The van der Waals surface area contributed by atoms with Gasteiger partial charge in [0.05, 0.1) is 0 Å². The summed E-state index contributed by atoms with van der Waals surface area (Å²) in [6, 6.07) is 0. The summed E-state index contributed by atoms with van der Waals surface area (Å²) < 4.78 is 0. The van der Waals surface area contributed by atoms with Crippen molar-refractivity contribution in [1.82, 2.24) is 0 Å². The van der Waals surface area contributed by atoms with Crippen molar-refractivity contribution in [2.75, 3.05) is 0 Å². The van der Waals surface area contributed by atoms with Crippen molar-refractivity contribution in [2.45, 2.75) is 32.6 Å². The lowest BCUT2D eigenvalue weighted by Gasteiger charge is -2.08. The summed E-state index contributed by atoms with van der Waals surface area (Å²) in [5, 5.41) is 2.16. The van der Waals surface area contributed by atoms with Gasteiger partial charge in [0.15, 0.2) is 0 Å². The SMILES string of the molecule is C/C=C\SC1=CCCCC1. The summed E-state index contributed by atoms with van der Waals surface area (Å²) in [4.78, 5) is 1.56. The first-order chi connectivity index (χ1) is 4.93. The first-order valence-electron chi connectivity index (χ1n) is 3.90. The number of thioether (sulfide) groups is 1. The van der Waals surface area contributed by atoms with Crippen LogP contribution >= 0.6 is 11.8 Å². The fourth-order valence-electron chi connectivity index (χ4n) is 1.07. The molecule has 0 saturated heterocycles. The standard InChI is InChI=1S/C9H14S/c1-2-8-10-9-6-4-3-5-7-9/h2,6,8H,3-5,7H2,1H3/b8-2-. The molecule has 0 aromatic rings. The second-order valence-corrected chi connectivity index (χ2v) is 3.54. The van der Waals surface area contributed by atoms with Gasteiger partial charge >= 0.3 is 0 Å². The van der Waals surface area contributed by atoms with Gasteiger partial charge in [0.1, 0.15) is 0 Å². The molecule has 0 aromatic carbocycles. The molecule has 0 amide bonds. The molecule has 0 saturated carbocycles. The van der Waals surface area contributed by atoms with E-state index >= 15 is 0 Å². The predicted molar refractivity (Wildman–Crippen MR) is 49.0 cm³/mol. The summed E-state index contributed by atoms with van der Waals surface area (Å²) in [5.41, 5.74) is 0. The molecule has 56 valence electrons. The zero-order valence-electron chi connectivity index (χ0n) is 6.47. The van der Waals surface area contributed by atoms with E-state index in [2.05, 4.69) is 24.5 Å². The molecule has 0 bridgehead atoms. The van der Waals surface area contributed by atoms with Crippen molar-refractivity contribution < 1.29 is 0 Å². The maximum atomic E-state index is 2.37. The largest absolute Gasteiger partial charge is 0.103 e. The second kappa shape index (κ2) is 4.62. The van der Waals surface area contributed by atoms with Gasteiger partial charge in [-0.05, 0) is 42.9 Å². The highest BCUT2D eigenvalue weighted by atomic mass is 32.2. The number of hydrogen-bond donors (Lipinski definition) is 0. The number of allylic oxidation sites excluding steroid dienone is 3. The molecule has 0 aliphatic heterocycles. The van der Waals surface area contributed by atoms with Crippen molar-refractivity contribution in [3.05, 3.63) is 22.5 Å². The van der Waals surface area contributed by atoms with Crippen LogP contribution in [0.3, 0.4) is 0 Å². The Hall–Kier alpha value is -0.170. The Kier molecular flexibility index (Phi) is 3.66. The Bertz CT molecular complexity index is 145. The van der Waals surface area contributed by atoms with E-state index < -0.39 is 0 Å². The molecule has 0 spiro atoms. The average Bonchev–Trinajstić information content (AvgIpc) is 2.03. The van der Waals surface area contributed by atoms with E-state index in [-0.39, 0.29) is 0 Å². The maximum Gasteiger partial charge on any atom is -0.0148 e. The third-order valence-corrected chi connectivity index (χ3v) is 2.69. The first-order valence-corrected chi connectivity index (χ1v) is 4.78. The highest BCUT2D eigenvalue weighted by Gasteiger charge is 2.00. The van der Waals surface area contributed by atoms with E-state index in [4.69, 9.17) is 0 Å². The molecule has 0 N–H and O–H groups in total. The van der Waals surface area contributed by atoms with Crippen LogP contribution in [0.4, 0.5) is 0 Å². The number of rotatable bonds is 2. The van der Waals surface area contributed by atoms with Crippen LogP contribution in [0.1, 0.15) is 32.6 Å². The molecule has 0 radical (unpaired) electrons. The summed E-state index contributed by atoms with van der Waals surface area (Å²) in [6.45, 7) is 2.07. The predicted octanol–water partition coefficient (Wildman–Crippen LogP) is 3.71. The zero-order chi connectivity index (χ0) is 7.23. The van der Waals surface area contributed by atoms with Gasteiger partial charge in [-0.2, -0.15) is 0 Å². The fourth-order valence-corrected chi connectivity index (χ4v) is 1.86. The Morgan fingerprint density at radius 1 is 1.50 bits per heavy atom. The fraction of sp³-hybridized carbons (Fsp3) is 0.556. The van der Waals surface area contributed by atoms with Gasteiger partial charge in [-0.1, -0.05) is 12.2 Å². The Labute approximate surface area is 67.4 Å². The van der Waals surface area contributed by atoms with Crippen molar-refractivity contribution >= 4 is 11.8 Å². The van der Waals surface area contributed by atoms with Gasteiger partial charge in [0.2, 0.25) is 0 Å². The van der Waals surface area contributed by atoms with Gasteiger partial charge in [0.25, 0.3) is 0 Å². The van der Waals surface area contributed by atoms with Crippen molar-refractivity contribution in [3.8, 4) is 0 Å². The zero-order valence-corrected chi connectivity index (χ0v) is 7.29. The summed E-state index contributed by atoms with van der Waals surface area (Å²) >= 11 is 1.88. The molecule has 1 rings (SSSR count). The van der Waals surface area contributed by atoms with Gasteiger partial charge in [-0.15, -0.1) is 11.8 Å². The molecule has 10 heavy (non-hydrogen) atoms. The minimum absolute atomic E-state index is 1.29. The van der Waals surface area contributed by atoms with Crippen molar-refractivity contribution in [3.63, 3.8) is 0 Å². The van der Waals surface area contributed by atoms with Crippen LogP contribution < -0.4 is 0 Å². The van der Waals surface area contributed by atoms with Crippen LogP contribution in [0.2, 0.25) is 0 Å². The maximum absolute atomic E-state index is 2.37. The Balaban J connectivity index is 2.31. The van der Waals surface area contributed by atoms with Gasteiger partial charge < -0.3 is 0 Å². The monoisotopic (exact) mass is 154 g/mol. The molecular formula is C9H14S. The molecular weight excluding hydrogens is 140 g/mol. The van der Waals surface area contributed by atoms with E-state index in [0.717, 1.165) is 0 Å². The van der Waals surface area contributed by atoms with Crippen LogP contribution in [-0.4, -0.2) is 0 Å². The van der Waals surface area contributed by atoms with Gasteiger partial charge in [-0.25, -0.2) is 0 Å². The molecule has 1 aliphatic carbocycles. The van der Waals surface area contributed by atoms with Crippen LogP contribution in [0.25, 0.3) is 0 Å². The first kappa shape index (κ1) is 7.93. The highest BCUT2D eigenvalue weighted by molar-refractivity contribution is 8.05. The van der Waals surface area contributed by atoms with Crippen LogP contribution in [0.15, 0.2) is 22.5 Å². The van der Waals surface area contributed by atoms with E-state index in [1.807, 2.05) is 11.8 Å². The van der Waals surface area contributed by atoms with E-state index in [1.54, 1.807) is 4.91 Å². The highest BCUT2D eigenvalue weighted by Crippen LogP contribution is 2.27. The molecule has 0 unspecified atom stereocenters. The summed E-state index contributed by atoms with van der Waals surface area (Å²) in [5.74, 6) is 0. The third-order valence-electron chi connectivity index (χ3n) is 1.60. The Morgan fingerprint density at radius 2 is 2.40 bits per heavy atom. The normalized spacial score (nSPS) is 19.5. The molecule has 0 nitrogen and oxygen atoms in total. The quantitative estimate of drug-likeness (QED) is 0.584. The van der Waals surface area contributed by atoms with Crippen LogP contribution in [0.5, 0.6) is 0 Å². The molecule has 0 fully saturated rings. The molecule has 0 aromatic heterocycles. The lowest BCUT2D eigenvalue weighted by molar-refractivity contribution is 0.723. The Morgan fingerprint density at radius 3 is 3.00 bits per heavy atom. The third kappa shape index (κ3) is 2.61. The van der Waals surface area contributed by atoms with Crippen molar-refractivity contribution in [2.24, 2.45) is 0 Å². The second-order valence-electron chi connectivity index (χ2n) is 2.50. The topological polar surface area (TPSA) is 0 Å². The van der Waals surface area contributed by atoms with Crippen LogP contribution in [0, 0.1) is 0 Å². The smallest absolute Gasteiger partial charge is 0.0148 e. The summed E-state index contributed by atoms with van der Waals surface area (Å²) in [7, 11) is 0. The minimum Gasteiger partial charge on any atom is -0.103 e.